The molecule has 1 rings (SSSR count). The van der Waals surface area contributed by atoms with E-state index < -0.39 is 6.04 Å². The zero-order valence-electron chi connectivity index (χ0n) is 6.24. The van der Waals surface area contributed by atoms with Crippen LogP contribution >= 0.6 is 32.9 Å². The van der Waals surface area contributed by atoms with Crippen LogP contribution in [0.25, 0.3) is 0 Å². The quantitative estimate of drug-likeness (QED) is 0.850. The third kappa shape index (κ3) is 3.05. The first-order valence-electron chi connectivity index (χ1n) is 3.20. The van der Waals surface area contributed by atoms with Crippen molar-refractivity contribution in [1.29, 1.82) is 0 Å². The van der Waals surface area contributed by atoms with Gasteiger partial charge in [-0.2, -0.15) is 0 Å². The third-order valence-corrected chi connectivity index (χ3v) is 1.93. The lowest BCUT2D eigenvalue weighted by Gasteiger charge is -2.02. The van der Waals surface area contributed by atoms with E-state index in [0.29, 0.717) is 0 Å². The minimum atomic E-state index is -0.497. The Labute approximate surface area is 90.0 Å². The fourth-order valence-corrected chi connectivity index (χ4v) is 1.03. The molecule has 2 N–H and O–H groups in total. The maximum absolute atomic E-state index is 10.3. The van der Waals surface area contributed by atoms with Gasteiger partial charge in [-0.25, -0.2) is 0 Å². The molecule has 12 heavy (non-hydrogen) atoms. The van der Waals surface area contributed by atoms with Crippen LogP contribution in [0.4, 0.5) is 0 Å². The molecule has 2 nitrogen and oxygen atoms in total. The van der Waals surface area contributed by atoms with Gasteiger partial charge in [0.15, 0.2) is 0 Å². The number of nitrogens with two attached hydrogens (primary N) is 1. The predicted molar refractivity (Wildman–Crippen MR) is 57.5 cm³/mol. The molecule has 1 aromatic carbocycles. The summed E-state index contributed by atoms with van der Waals surface area (Å²) in [7, 11) is 0. The lowest BCUT2D eigenvalue weighted by molar-refractivity contribution is -0.109. The van der Waals surface area contributed by atoms with E-state index in [1.54, 1.807) is 0 Å². The van der Waals surface area contributed by atoms with E-state index in [-0.39, 0.29) is 17.0 Å². The first-order chi connectivity index (χ1) is 5.24. The molecule has 0 amide bonds. The summed E-state index contributed by atoms with van der Waals surface area (Å²) < 4.78 is 0.986. The number of carbonyl (C=O) groups excluding carboxylic acids is 1. The third-order valence-electron chi connectivity index (χ3n) is 1.40. The number of rotatable bonds is 2. The van der Waals surface area contributed by atoms with Crippen molar-refractivity contribution >= 4 is 39.2 Å². The highest BCUT2D eigenvalue weighted by molar-refractivity contribution is 9.10. The summed E-state index contributed by atoms with van der Waals surface area (Å²) in [6.07, 6.45) is 0.725. The summed E-state index contributed by atoms with van der Waals surface area (Å²) in [4.78, 5) is 10.3. The van der Waals surface area contributed by atoms with Gasteiger partial charge in [-0.1, -0.05) is 28.1 Å². The zero-order chi connectivity index (χ0) is 8.27. The molecule has 1 atom stereocenters. The van der Waals surface area contributed by atoms with Crippen molar-refractivity contribution in [3.05, 3.63) is 34.3 Å². The molecular weight excluding hydrogens is 286 g/mol. The minimum Gasteiger partial charge on any atom is -0.318 e. The van der Waals surface area contributed by atoms with Gasteiger partial charge in [0.25, 0.3) is 0 Å². The summed E-state index contributed by atoms with van der Waals surface area (Å²) >= 11 is 3.29. The predicted octanol–water partition coefficient (Wildman–Crippen LogP) is 2.23. The van der Waals surface area contributed by atoms with Gasteiger partial charge >= 0.3 is 0 Å². The molecule has 0 spiro atoms. The SMILES string of the molecule is Br.NC(C=O)c1ccc(Br)cc1. The van der Waals surface area contributed by atoms with Crippen LogP contribution < -0.4 is 5.73 Å². The van der Waals surface area contributed by atoms with Crippen molar-refractivity contribution < 1.29 is 4.79 Å². The molecular formula is C8H9Br2NO. The number of hydrogen-bond donors (Lipinski definition) is 1. The number of hydrogen-bond acceptors (Lipinski definition) is 2. The Morgan fingerprint density at radius 1 is 1.33 bits per heavy atom. The highest BCUT2D eigenvalue weighted by Gasteiger charge is 2.01. The molecule has 0 fully saturated rings. The van der Waals surface area contributed by atoms with E-state index >= 15 is 0 Å². The van der Waals surface area contributed by atoms with Crippen LogP contribution in [0.5, 0.6) is 0 Å². The Morgan fingerprint density at radius 2 is 1.83 bits per heavy atom. The number of halogens is 2. The van der Waals surface area contributed by atoms with E-state index in [2.05, 4.69) is 15.9 Å². The molecule has 0 aliphatic carbocycles. The summed E-state index contributed by atoms with van der Waals surface area (Å²) in [6.45, 7) is 0. The maximum atomic E-state index is 10.3. The molecule has 0 saturated heterocycles. The van der Waals surface area contributed by atoms with Crippen LogP contribution in [0.2, 0.25) is 0 Å². The van der Waals surface area contributed by atoms with Gasteiger partial charge < -0.3 is 10.5 Å². The molecule has 0 bridgehead atoms. The zero-order valence-corrected chi connectivity index (χ0v) is 9.53. The Kier molecular flexibility index (Phi) is 5.37. The van der Waals surface area contributed by atoms with E-state index in [4.69, 9.17) is 5.73 Å². The standard InChI is InChI=1S/C8H8BrNO.BrH/c9-7-3-1-6(2-4-7)8(10)5-11;/h1-5,8H,10H2;1H. The second kappa shape index (κ2) is 5.45. The van der Waals surface area contributed by atoms with Crippen molar-refractivity contribution in [3.8, 4) is 0 Å². The topological polar surface area (TPSA) is 43.1 Å². The highest BCUT2D eigenvalue weighted by Crippen LogP contribution is 2.13. The minimum absolute atomic E-state index is 0. The summed E-state index contributed by atoms with van der Waals surface area (Å²) in [5.41, 5.74) is 6.30. The van der Waals surface area contributed by atoms with Crippen molar-refractivity contribution in [2.45, 2.75) is 6.04 Å². The van der Waals surface area contributed by atoms with Gasteiger partial charge in [0.1, 0.15) is 6.29 Å². The summed E-state index contributed by atoms with van der Waals surface area (Å²) in [5.74, 6) is 0. The Bertz CT molecular complexity index is 248. The van der Waals surface area contributed by atoms with Crippen LogP contribution in [0.1, 0.15) is 11.6 Å². The van der Waals surface area contributed by atoms with E-state index in [9.17, 15) is 4.79 Å². The van der Waals surface area contributed by atoms with Gasteiger partial charge in [-0.15, -0.1) is 17.0 Å². The molecule has 0 heterocycles. The van der Waals surface area contributed by atoms with Crippen molar-refractivity contribution in [3.63, 3.8) is 0 Å². The fraction of sp³-hybridized carbons (Fsp3) is 0.125. The van der Waals surface area contributed by atoms with Crippen LogP contribution in [-0.2, 0) is 4.79 Å². The first kappa shape index (κ1) is 11.8. The largest absolute Gasteiger partial charge is 0.318 e. The molecule has 1 unspecified atom stereocenters. The van der Waals surface area contributed by atoms with Gasteiger partial charge in [0.05, 0.1) is 6.04 Å². The molecule has 1 aromatic rings. The van der Waals surface area contributed by atoms with Crippen molar-refractivity contribution in [2.24, 2.45) is 5.73 Å². The van der Waals surface area contributed by atoms with Crippen molar-refractivity contribution in [1.82, 2.24) is 0 Å². The molecule has 0 radical (unpaired) electrons. The monoisotopic (exact) mass is 293 g/mol. The number of carbonyl (C=O) groups is 1. The van der Waals surface area contributed by atoms with Gasteiger partial charge in [-0.3, -0.25) is 0 Å². The molecule has 66 valence electrons. The fourth-order valence-electron chi connectivity index (χ4n) is 0.764. The summed E-state index contributed by atoms with van der Waals surface area (Å²) in [6, 6.07) is 6.87. The second-order valence-electron chi connectivity index (χ2n) is 2.21. The van der Waals surface area contributed by atoms with E-state index in [1.165, 1.54) is 0 Å². The lowest BCUT2D eigenvalue weighted by Crippen LogP contribution is -2.10. The van der Waals surface area contributed by atoms with Crippen LogP contribution in [0, 0.1) is 0 Å². The van der Waals surface area contributed by atoms with Gasteiger partial charge in [0, 0.05) is 4.47 Å². The summed E-state index contributed by atoms with van der Waals surface area (Å²) in [5, 5.41) is 0. The highest BCUT2D eigenvalue weighted by atomic mass is 79.9. The molecule has 0 aromatic heterocycles. The molecule has 0 saturated carbocycles. The van der Waals surface area contributed by atoms with Crippen molar-refractivity contribution in [2.75, 3.05) is 0 Å². The van der Waals surface area contributed by atoms with Gasteiger partial charge in [-0.05, 0) is 17.7 Å². The number of aldehydes is 1. The average Bonchev–Trinajstić information content (AvgIpc) is 2.05. The van der Waals surface area contributed by atoms with Gasteiger partial charge in [0.2, 0.25) is 0 Å². The molecule has 4 heteroatoms. The van der Waals surface area contributed by atoms with Crippen LogP contribution in [0.3, 0.4) is 0 Å². The van der Waals surface area contributed by atoms with Crippen LogP contribution in [0.15, 0.2) is 28.7 Å². The maximum Gasteiger partial charge on any atom is 0.141 e. The smallest absolute Gasteiger partial charge is 0.141 e. The van der Waals surface area contributed by atoms with Crippen LogP contribution in [-0.4, -0.2) is 6.29 Å². The lowest BCUT2D eigenvalue weighted by atomic mass is 10.1. The molecule has 0 aliphatic rings. The Morgan fingerprint density at radius 3 is 2.25 bits per heavy atom. The van der Waals surface area contributed by atoms with E-state index in [0.717, 1.165) is 16.3 Å². The normalized spacial score (nSPS) is 11.5. The number of benzene rings is 1. The Balaban J connectivity index is 0.00000121. The second-order valence-corrected chi connectivity index (χ2v) is 3.13. The molecule has 0 aliphatic heterocycles. The Hall–Kier alpha value is -0.190. The van der Waals surface area contributed by atoms with E-state index in [1.807, 2.05) is 24.3 Å². The first-order valence-corrected chi connectivity index (χ1v) is 3.99. The average molecular weight is 295 g/mol.